The largest absolute Gasteiger partial charge is 0.441 e. The predicted molar refractivity (Wildman–Crippen MR) is 65.9 cm³/mol. The Morgan fingerprint density at radius 1 is 1.25 bits per heavy atom. The molecule has 2 nitrogen and oxygen atoms in total. The number of oxazole rings is 1. The van der Waals surface area contributed by atoms with Crippen LogP contribution in [0.5, 0.6) is 0 Å². The smallest absolute Gasteiger partial charge is 0.419 e. The number of halogens is 5. The van der Waals surface area contributed by atoms with E-state index in [0.29, 0.717) is 30.7 Å². The fourth-order valence-electron chi connectivity index (χ4n) is 1.67. The second-order valence-corrected chi connectivity index (χ2v) is 4.48. The Kier molecular flexibility index (Phi) is 4.32. The number of hydrogen-bond acceptors (Lipinski definition) is 2. The first-order valence-corrected chi connectivity index (χ1v) is 6.33. The highest BCUT2D eigenvalue weighted by Gasteiger charge is 2.34. The zero-order chi connectivity index (χ0) is 14.8. The first-order valence-electron chi connectivity index (χ1n) is 5.79. The van der Waals surface area contributed by atoms with Gasteiger partial charge in [-0.05, 0) is 24.6 Å². The summed E-state index contributed by atoms with van der Waals surface area (Å²) < 4.78 is 56.3. The molecule has 20 heavy (non-hydrogen) atoms. The van der Waals surface area contributed by atoms with Gasteiger partial charge in [0.15, 0.2) is 11.7 Å². The van der Waals surface area contributed by atoms with Crippen molar-refractivity contribution in [3.8, 4) is 11.3 Å². The second-order valence-electron chi connectivity index (χ2n) is 4.10. The predicted octanol–water partition coefficient (Wildman–Crippen LogP) is 4.67. The van der Waals surface area contributed by atoms with Crippen LogP contribution in [0, 0.1) is 5.82 Å². The molecule has 0 amide bonds. The van der Waals surface area contributed by atoms with E-state index in [1.165, 1.54) is 12.3 Å². The molecule has 2 aromatic rings. The fraction of sp³-hybridized carbons (Fsp3) is 0.308. The van der Waals surface area contributed by atoms with Gasteiger partial charge < -0.3 is 4.42 Å². The molecular weight excluding hydrogens is 298 g/mol. The molecule has 0 fully saturated rings. The monoisotopic (exact) mass is 307 g/mol. The quantitative estimate of drug-likeness (QED) is 0.606. The number of rotatable bonds is 4. The van der Waals surface area contributed by atoms with Gasteiger partial charge >= 0.3 is 6.18 Å². The van der Waals surface area contributed by atoms with Gasteiger partial charge in [0.1, 0.15) is 5.82 Å². The van der Waals surface area contributed by atoms with E-state index in [2.05, 4.69) is 4.98 Å². The van der Waals surface area contributed by atoms with Crippen LogP contribution in [0.3, 0.4) is 0 Å². The third-order valence-electron chi connectivity index (χ3n) is 2.63. The van der Waals surface area contributed by atoms with Gasteiger partial charge in [-0.2, -0.15) is 13.2 Å². The third-order valence-corrected chi connectivity index (χ3v) is 2.90. The Hall–Kier alpha value is -1.56. The maximum atomic E-state index is 13.2. The molecule has 0 aliphatic rings. The normalized spacial score (nSPS) is 11.8. The Bertz CT molecular complexity index is 594. The summed E-state index contributed by atoms with van der Waals surface area (Å²) in [6.07, 6.45) is -2.28. The van der Waals surface area contributed by atoms with Crippen molar-refractivity contribution in [1.29, 1.82) is 0 Å². The zero-order valence-electron chi connectivity index (χ0n) is 10.2. The van der Waals surface area contributed by atoms with Gasteiger partial charge in [-0.3, -0.25) is 0 Å². The maximum absolute atomic E-state index is 13.2. The summed E-state index contributed by atoms with van der Waals surface area (Å²) >= 11 is 5.53. The van der Waals surface area contributed by atoms with Crippen LogP contribution in [-0.2, 0) is 12.6 Å². The van der Waals surface area contributed by atoms with Gasteiger partial charge in [0.2, 0.25) is 0 Å². The standard InChI is InChI=1S/C13H10ClF4NO/c14-5-1-2-12-19-7-11(20-12)8-3-4-10(15)9(6-8)13(16,17)18/h3-4,6-7H,1-2,5H2. The Labute approximate surface area is 117 Å². The number of aryl methyl sites for hydroxylation is 1. The highest BCUT2D eigenvalue weighted by Crippen LogP contribution is 2.34. The lowest BCUT2D eigenvalue weighted by Crippen LogP contribution is -2.08. The number of aromatic nitrogens is 1. The maximum Gasteiger partial charge on any atom is 0.419 e. The third kappa shape index (κ3) is 3.30. The van der Waals surface area contributed by atoms with Gasteiger partial charge in [-0.25, -0.2) is 9.37 Å². The van der Waals surface area contributed by atoms with Crippen molar-refractivity contribution >= 4 is 11.6 Å². The van der Waals surface area contributed by atoms with Gasteiger partial charge in [-0.15, -0.1) is 11.6 Å². The fourth-order valence-corrected chi connectivity index (χ4v) is 1.81. The van der Waals surface area contributed by atoms with Gasteiger partial charge in [0.05, 0.1) is 11.8 Å². The summed E-state index contributed by atoms with van der Waals surface area (Å²) in [5.41, 5.74) is -1.20. The van der Waals surface area contributed by atoms with E-state index in [9.17, 15) is 17.6 Å². The lowest BCUT2D eigenvalue weighted by molar-refractivity contribution is -0.139. The first kappa shape index (κ1) is 14.8. The van der Waals surface area contributed by atoms with Crippen LogP contribution in [0.25, 0.3) is 11.3 Å². The molecule has 7 heteroatoms. The second kappa shape index (κ2) is 5.83. The summed E-state index contributed by atoms with van der Waals surface area (Å²) in [5, 5.41) is 0. The summed E-state index contributed by atoms with van der Waals surface area (Å²) in [6, 6.07) is 2.69. The van der Waals surface area contributed by atoms with E-state index in [0.717, 1.165) is 6.07 Å². The molecule has 2 rings (SSSR count). The summed E-state index contributed by atoms with van der Waals surface area (Å²) in [4.78, 5) is 3.94. The molecule has 0 saturated heterocycles. The topological polar surface area (TPSA) is 26.0 Å². The average molecular weight is 308 g/mol. The lowest BCUT2D eigenvalue weighted by Gasteiger charge is -2.08. The van der Waals surface area contributed by atoms with E-state index >= 15 is 0 Å². The molecule has 0 unspecified atom stereocenters. The van der Waals surface area contributed by atoms with Crippen molar-refractivity contribution in [2.75, 3.05) is 5.88 Å². The van der Waals surface area contributed by atoms with Crippen molar-refractivity contribution in [3.63, 3.8) is 0 Å². The SMILES string of the molecule is Fc1ccc(-c2cnc(CCCCl)o2)cc1C(F)(F)F. The van der Waals surface area contributed by atoms with Crippen LogP contribution in [-0.4, -0.2) is 10.9 Å². The molecule has 1 aromatic carbocycles. The number of hydrogen-bond donors (Lipinski definition) is 0. The van der Waals surface area contributed by atoms with E-state index in [1.807, 2.05) is 0 Å². The van der Waals surface area contributed by atoms with Crippen LogP contribution < -0.4 is 0 Å². The van der Waals surface area contributed by atoms with Crippen molar-refractivity contribution in [2.45, 2.75) is 19.0 Å². The van der Waals surface area contributed by atoms with E-state index < -0.39 is 17.6 Å². The molecular formula is C13H10ClF4NO. The van der Waals surface area contributed by atoms with Crippen LogP contribution in [0.4, 0.5) is 17.6 Å². The van der Waals surface area contributed by atoms with Crippen molar-refractivity contribution in [1.82, 2.24) is 4.98 Å². The summed E-state index contributed by atoms with van der Waals surface area (Å²) in [5.74, 6) is -0.325. The van der Waals surface area contributed by atoms with Crippen LogP contribution in [0.2, 0.25) is 0 Å². The Morgan fingerprint density at radius 2 is 2.00 bits per heavy atom. The van der Waals surface area contributed by atoms with Crippen LogP contribution in [0.15, 0.2) is 28.8 Å². The molecule has 0 aliphatic heterocycles. The van der Waals surface area contributed by atoms with Crippen LogP contribution >= 0.6 is 11.6 Å². The zero-order valence-corrected chi connectivity index (χ0v) is 10.9. The van der Waals surface area contributed by atoms with Crippen molar-refractivity contribution in [3.05, 3.63) is 41.7 Å². The molecule has 0 bridgehead atoms. The summed E-state index contributed by atoms with van der Waals surface area (Å²) in [7, 11) is 0. The molecule has 0 atom stereocenters. The highest BCUT2D eigenvalue weighted by atomic mass is 35.5. The molecule has 0 radical (unpaired) electrons. The number of alkyl halides is 4. The molecule has 0 aliphatic carbocycles. The Morgan fingerprint density at radius 3 is 2.65 bits per heavy atom. The summed E-state index contributed by atoms with van der Waals surface area (Å²) in [6.45, 7) is 0. The van der Waals surface area contributed by atoms with Gasteiger partial charge in [-0.1, -0.05) is 0 Å². The van der Waals surface area contributed by atoms with Gasteiger partial charge in [0, 0.05) is 17.9 Å². The molecule has 0 N–H and O–H groups in total. The number of nitrogens with zero attached hydrogens (tertiary/aromatic N) is 1. The molecule has 108 valence electrons. The van der Waals surface area contributed by atoms with E-state index in [4.69, 9.17) is 16.0 Å². The Balaban J connectivity index is 2.31. The van der Waals surface area contributed by atoms with Crippen molar-refractivity contribution < 1.29 is 22.0 Å². The average Bonchev–Trinajstić information content (AvgIpc) is 2.84. The van der Waals surface area contributed by atoms with Crippen LogP contribution in [0.1, 0.15) is 17.9 Å². The minimum absolute atomic E-state index is 0.128. The highest BCUT2D eigenvalue weighted by molar-refractivity contribution is 6.17. The van der Waals surface area contributed by atoms with Crippen molar-refractivity contribution in [2.24, 2.45) is 0 Å². The molecule has 1 heterocycles. The molecule has 1 aromatic heterocycles. The minimum atomic E-state index is -4.75. The molecule has 0 saturated carbocycles. The van der Waals surface area contributed by atoms with E-state index in [1.54, 1.807) is 0 Å². The van der Waals surface area contributed by atoms with Gasteiger partial charge in [0.25, 0.3) is 0 Å². The lowest BCUT2D eigenvalue weighted by atomic mass is 10.1. The minimum Gasteiger partial charge on any atom is -0.441 e. The van der Waals surface area contributed by atoms with E-state index in [-0.39, 0.29) is 11.3 Å². The number of benzene rings is 1. The molecule has 0 spiro atoms. The first-order chi connectivity index (χ1) is 9.41.